The fourth-order valence-electron chi connectivity index (χ4n) is 2.26. The van der Waals surface area contributed by atoms with Crippen LogP contribution < -0.4 is 5.32 Å². The molecular formula is C16H27N3. The van der Waals surface area contributed by atoms with Gasteiger partial charge in [0, 0.05) is 25.0 Å². The van der Waals surface area contributed by atoms with Crippen LogP contribution >= 0.6 is 0 Å². The third kappa shape index (κ3) is 6.69. The molecule has 1 heterocycles. The lowest BCUT2D eigenvalue weighted by atomic mass is 10.2. The smallest absolute Gasteiger partial charge is 0.0270 e. The van der Waals surface area contributed by atoms with Gasteiger partial charge in [0.15, 0.2) is 0 Å². The quantitative estimate of drug-likeness (QED) is 0.656. The minimum Gasteiger partial charge on any atom is -0.314 e. The van der Waals surface area contributed by atoms with Crippen molar-refractivity contribution in [1.29, 1.82) is 0 Å². The van der Waals surface area contributed by atoms with Crippen LogP contribution in [0, 0.1) is 0 Å². The van der Waals surface area contributed by atoms with Crippen LogP contribution in [-0.4, -0.2) is 42.6 Å². The summed E-state index contributed by atoms with van der Waals surface area (Å²) in [5.41, 5.74) is 1.38. The minimum absolute atomic E-state index is 0.864. The predicted molar refractivity (Wildman–Crippen MR) is 80.3 cm³/mol. The summed E-state index contributed by atoms with van der Waals surface area (Å²) < 4.78 is 0. The molecular weight excluding hydrogens is 234 g/mol. The molecule has 1 aliphatic carbocycles. The maximum Gasteiger partial charge on any atom is 0.0270 e. The monoisotopic (exact) mass is 261 g/mol. The lowest BCUT2D eigenvalue weighted by Gasteiger charge is -2.16. The Labute approximate surface area is 117 Å². The Bertz CT molecular complexity index is 335. The summed E-state index contributed by atoms with van der Waals surface area (Å²) >= 11 is 0. The van der Waals surface area contributed by atoms with Crippen LogP contribution in [0.15, 0.2) is 24.5 Å². The molecule has 0 unspecified atom stereocenters. The van der Waals surface area contributed by atoms with Crippen LogP contribution in [0.3, 0.4) is 0 Å². The van der Waals surface area contributed by atoms with Gasteiger partial charge in [-0.05, 0) is 69.9 Å². The number of rotatable bonds is 10. The van der Waals surface area contributed by atoms with Gasteiger partial charge in [0.25, 0.3) is 0 Å². The fraction of sp³-hybridized carbons (Fsp3) is 0.688. The van der Waals surface area contributed by atoms with Crippen molar-refractivity contribution < 1.29 is 0 Å². The molecule has 0 aliphatic heterocycles. The first-order chi connectivity index (χ1) is 9.34. The van der Waals surface area contributed by atoms with E-state index in [1.165, 1.54) is 50.8 Å². The number of nitrogens with zero attached hydrogens (tertiary/aromatic N) is 2. The number of hydrogen-bond donors (Lipinski definition) is 1. The summed E-state index contributed by atoms with van der Waals surface area (Å²) in [6.07, 6.45) is 11.7. The van der Waals surface area contributed by atoms with Gasteiger partial charge in [-0.2, -0.15) is 0 Å². The molecule has 0 aromatic carbocycles. The van der Waals surface area contributed by atoms with Gasteiger partial charge in [0.2, 0.25) is 0 Å². The number of likely N-dealkylation sites (N-methyl/N-ethyl adjacent to an activating group) is 1. The van der Waals surface area contributed by atoms with Crippen LogP contribution in [0.4, 0.5) is 0 Å². The van der Waals surface area contributed by atoms with Crippen molar-refractivity contribution in [3.8, 4) is 0 Å². The number of hydrogen-bond acceptors (Lipinski definition) is 3. The minimum atomic E-state index is 0.864. The summed E-state index contributed by atoms with van der Waals surface area (Å²) in [6, 6.07) is 5.08. The van der Waals surface area contributed by atoms with Crippen molar-refractivity contribution in [2.45, 2.75) is 44.6 Å². The van der Waals surface area contributed by atoms with Gasteiger partial charge in [0.1, 0.15) is 0 Å². The Morgan fingerprint density at radius 1 is 1.16 bits per heavy atom. The van der Waals surface area contributed by atoms with Crippen molar-refractivity contribution in [3.05, 3.63) is 30.1 Å². The topological polar surface area (TPSA) is 28.2 Å². The van der Waals surface area contributed by atoms with Crippen LogP contribution in [0.5, 0.6) is 0 Å². The van der Waals surface area contributed by atoms with Crippen LogP contribution in [-0.2, 0) is 6.42 Å². The normalized spacial score (nSPS) is 15.1. The Hall–Kier alpha value is -0.930. The molecule has 19 heavy (non-hydrogen) atoms. The maximum atomic E-state index is 4.05. The third-order valence-corrected chi connectivity index (χ3v) is 3.76. The predicted octanol–water partition coefficient (Wildman–Crippen LogP) is 2.48. The van der Waals surface area contributed by atoms with Crippen LogP contribution in [0.25, 0.3) is 0 Å². The second-order valence-corrected chi connectivity index (χ2v) is 5.70. The Kier molecular flexibility index (Phi) is 6.31. The largest absolute Gasteiger partial charge is 0.314 e. The number of nitrogens with one attached hydrogen (secondary N) is 1. The van der Waals surface area contributed by atoms with Gasteiger partial charge in [-0.1, -0.05) is 6.42 Å². The first-order valence-electron chi connectivity index (χ1n) is 7.65. The summed E-state index contributed by atoms with van der Waals surface area (Å²) in [5, 5.41) is 3.57. The van der Waals surface area contributed by atoms with E-state index in [-0.39, 0.29) is 0 Å². The molecule has 1 N–H and O–H groups in total. The molecule has 2 rings (SSSR count). The second kappa shape index (κ2) is 8.28. The van der Waals surface area contributed by atoms with Crippen LogP contribution in [0.2, 0.25) is 0 Å². The van der Waals surface area contributed by atoms with E-state index < -0.39 is 0 Å². The van der Waals surface area contributed by atoms with E-state index in [1.54, 1.807) is 0 Å². The summed E-state index contributed by atoms with van der Waals surface area (Å²) in [5.74, 6) is 0. The zero-order valence-corrected chi connectivity index (χ0v) is 12.1. The van der Waals surface area contributed by atoms with Gasteiger partial charge in [0.05, 0.1) is 0 Å². The molecule has 3 heteroatoms. The molecule has 1 saturated carbocycles. The van der Waals surface area contributed by atoms with Crippen molar-refractivity contribution in [2.75, 3.05) is 26.7 Å². The highest BCUT2D eigenvalue weighted by molar-refractivity contribution is 5.09. The molecule has 1 aliphatic rings. The molecule has 1 aromatic heterocycles. The highest BCUT2D eigenvalue weighted by atomic mass is 15.1. The number of aromatic nitrogens is 1. The Morgan fingerprint density at radius 3 is 2.68 bits per heavy atom. The number of pyridine rings is 1. The summed E-state index contributed by atoms with van der Waals surface area (Å²) in [4.78, 5) is 6.49. The first-order valence-corrected chi connectivity index (χ1v) is 7.65. The molecule has 0 atom stereocenters. The van der Waals surface area contributed by atoms with Crippen molar-refractivity contribution in [2.24, 2.45) is 0 Å². The van der Waals surface area contributed by atoms with Gasteiger partial charge in [-0.15, -0.1) is 0 Å². The lowest BCUT2D eigenvalue weighted by Crippen LogP contribution is -2.23. The van der Waals surface area contributed by atoms with Gasteiger partial charge >= 0.3 is 0 Å². The van der Waals surface area contributed by atoms with Crippen molar-refractivity contribution >= 4 is 0 Å². The van der Waals surface area contributed by atoms with Gasteiger partial charge in [-0.25, -0.2) is 0 Å². The summed E-state index contributed by atoms with van der Waals surface area (Å²) in [6.45, 7) is 3.57. The standard InChI is InChI=1S/C16H27N3/c1-19(14-9-15-7-11-17-12-8-15)13-4-2-3-10-18-16-5-6-16/h7-8,11-12,16,18H,2-6,9-10,13-14H2,1H3. The van der Waals surface area contributed by atoms with E-state index in [1.807, 2.05) is 12.4 Å². The van der Waals surface area contributed by atoms with E-state index in [9.17, 15) is 0 Å². The van der Waals surface area contributed by atoms with Gasteiger partial charge in [-0.3, -0.25) is 4.98 Å². The highest BCUT2D eigenvalue weighted by Crippen LogP contribution is 2.18. The Balaban J connectivity index is 1.44. The molecule has 0 amide bonds. The Morgan fingerprint density at radius 2 is 1.95 bits per heavy atom. The average Bonchev–Trinajstić information content (AvgIpc) is 3.26. The highest BCUT2D eigenvalue weighted by Gasteiger charge is 2.19. The lowest BCUT2D eigenvalue weighted by molar-refractivity contribution is 0.328. The van der Waals surface area contributed by atoms with E-state index in [2.05, 4.69) is 34.4 Å². The second-order valence-electron chi connectivity index (χ2n) is 5.70. The number of unbranched alkanes of at least 4 members (excludes halogenated alkanes) is 2. The van der Waals surface area contributed by atoms with Gasteiger partial charge < -0.3 is 10.2 Å². The zero-order valence-electron chi connectivity index (χ0n) is 12.1. The first kappa shape index (κ1) is 14.5. The molecule has 106 valence electrons. The zero-order chi connectivity index (χ0) is 13.3. The molecule has 0 saturated heterocycles. The molecule has 0 radical (unpaired) electrons. The van der Waals surface area contributed by atoms with E-state index in [4.69, 9.17) is 0 Å². The third-order valence-electron chi connectivity index (χ3n) is 3.76. The van der Waals surface area contributed by atoms with E-state index >= 15 is 0 Å². The molecule has 0 bridgehead atoms. The molecule has 3 nitrogen and oxygen atoms in total. The van der Waals surface area contributed by atoms with Crippen molar-refractivity contribution in [3.63, 3.8) is 0 Å². The molecule has 1 aromatic rings. The summed E-state index contributed by atoms with van der Waals surface area (Å²) in [7, 11) is 2.23. The SMILES string of the molecule is CN(CCCCCNC1CC1)CCc1ccncc1. The van der Waals surface area contributed by atoms with E-state index in [0.717, 1.165) is 19.0 Å². The van der Waals surface area contributed by atoms with Crippen LogP contribution in [0.1, 0.15) is 37.7 Å². The molecule has 1 fully saturated rings. The maximum absolute atomic E-state index is 4.05. The molecule has 0 spiro atoms. The average molecular weight is 261 g/mol. The van der Waals surface area contributed by atoms with Crippen molar-refractivity contribution in [1.82, 2.24) is 15.2 Å². The van der Waals surface area contributed by atoms with E-state index in [0.29, 0.717) is 0 Å². The fourth-order valence-corrected chi connectivity index (χ4v) is 2.26.